The zero-order chi connectivity index (χ0) is 12.8. The highest BCUT2D eigenvalue weighted by molar-refractivity contribution is 7.80. The van der Waals surface area contributed by atoms with Crippen LogP contribution in [-0.4, -0.2) is 21.1 Å². The molecule has 0 bridgehead atoms. The molecule has 0 aromatic carbocycles. The van der Waals surface area contributed by atoms with Crippen molar-refractivity contribution in [3.8, 4) is 0 Å². The summed E-state index contributed by atoms with van der Waals surface area (Å²) in [7, 11) is 0. The van der Waals surface area contributed by atoms with Gasteiger partial charge >= 0.3 is 0 Å². The van der Waals surface area contributed by atoms with E-state index < -0.39 is 5.92 Å². The molecule has 1 atom stereocenters. The van der Waals surface area contributed by atoms with Crippen molar-refractivity contribution in [1.82, 2.24) is 10.2 Å². The van der Waals surface area contributed by atoms with Crippen molar-refractivity contribution in [3.63, 3.8) is 0 Å². The number of aryl methyl sites for hydroxylation is 1. The molecule has 1 rings (SSSR count). The lowest BCUT2D eigenvalue weighted by atomic mass is 10.0. The maximum atomic E-state index is 11.9. The largest absolute Gasteiger partial charge is 0.393 e. The zero-order valence-corrected chi connectivity index (χ0v) is 11.5. The maximum absolute atomic E-state index is 11.9. The fraction of sp³-hybridized carbons (Fsp3) is 0.600. The first kappa shape index (κ1) is 14.0. The molecule has 1 amide bonds. The van der Waals surface area contributed by atoms with Crippen molar-refractivity contribution in [2.24, 2.45) is 11.7 Å². The monoisotopic (exact) mass is 272 g/mol. The highest BCUT2D eigenvalue weighted by Crippen LogP contribution is 2.17. The van der Waals surface area contributed by atoms with E-state index in [1.165, 1.54) is 11.3 Å². The van der Waals surface area contributed by atoms with E-state index in [1.54, 1.807) is 0 Å². The van der Waals surface area contributed by atoms with Crippen molar-refractivity contribution >= 4 is 39.6 Å². The van der Waals surface area contributed by atoms with E-state index in [1.807, 2.05) is 13.8 Å². The van der Waals surface area contributed by atoms with Gasteiger partial charge in [-0.05, 0) is 12.8 Å². The summed E-state index contributed by atoms with van der Waals surface area (Å²) in [6, 6.07) is 0. The van der Waals surface area contributed by atoms with Gasteiger partial charge in [0.2, 0.25) is 11.0 Å². The van der Waals surface area contributed by atoms with E-state index in [9.17, 15) is 4.79 Å². The van der Waals surface area contributed by atoms with E-state index in [2.05, 4.69) is 15.5 Å². The molecule has 1 heterocycles. The number of carbonyl (C=O) groups excluding carboxylic acids is 1. The van der Waals surface area contributed by atoms with Crippen LogP contribution in [0, 0.1) is 5.92 Å². The lowest BCUT2D eigenvalue weighted by Crippen LogP contribution is -2.33. The van der Waals surface area contributed by atoms with Crippen molar-refractivity contribution in [2.45, 2.75) is 33.1 Å². The van der Waals surface area contributed by atoms with Gasteiger partial charge in [-0.25, -0.2) is 0 Å². The minimum Gasteiger partial charge on any atom is -0.393 e. The number of aromatic nitrogens is 2. The molecule has 0 aliphatic rings. The van der Waals surface area contributed by atoms with Crippen molar-refractivity contribution in [2.75, 3.05) is 5.32 Å². The molecule has 0 spiro atoms. The number of amides is 1. The lowest BCUT2D eigenvalue weighted by molar-refractivity contribution is -0.118. The van der Waals surface area contributed by atoms with Crippen molar-refractivity contribution < 1.29 is 4.79 Å². The fourth-order valence-electron chi connectivity index (χ4n) is 1.33. The number of carbonyl (C=O) groups is 1. The molecule has 0 saturated carbocycles. The van der Waals surface area contributed by atoms with Crippen LogP contribution in [-0.2, 0) is 11.2 Å². The third-order valence-corrected chi connectivity index (χ3v) is 3.50. The summed E-state index contributed by atoms with van der Waals surface area (Å²) in [6.45, 7) is 3.97. The predicted molar refractivity (Wildman–Crippen MR) is 73.1 cm³/mol. The zero-order valence-electron chi connectivity index (χ0n) is 9.90. The molecule has 1 aromatic rings. The van der Waals surface area contributed by atoms with E-state index in [4.69, 9.17) is 18.0 Å². The van der Waals surface area contributed by atoms with Gasteiger partial charge < -0.3 is 5.73 Å². The van der Waals surface area contributed by atoms with Gasteiger partial charge in [-0.1, -0.05) is 43.8 Å². The average molecular weight is 272 g/mol. The van der Waals surface area contributed by atoms with Gasteiger partial charge in [0.15, 0.2) is 0 Å². The van der Waals surface area contributed by atoms with Crippen LogP contribution in [0.5, 0.6) is 0 Å². The second kappa shape index (κ2) is 6.61. The van der Waals surface area contributed by atoms with Crippen LogP contribution < -0.4 is 11.1 Å². The third kappa shape index (κ3) is 4.01. The number of nitrogens with two attached hydrogens (primary N) is 1. The summed E-state index contributed by atoms with van der Waals surface area (Å²) in [5.41, 5.74) is 5.55. The Balaban J connectivity index is 2.66. The molecule has 0 radical (unpaired) electrons. The van der Waals surface area contributed by atoms with Gasteiger partial charge in [0, 0.05) is 0 Å². The van der Waals surface area contributed by atoms with Crippen LogP contribution in [0.1, 0.15) is 31.7 Å². The fourth-order valence-corrected chi connectivity index (χ4v) is 2.24. The molecule has 1 unspecified atom stereocenters. The first-order valence-electron chi connectivity index (χ1n) is 5.51. The topological polar surface area (TPSA) is 80.9 Å². The van der Waals surface area contributed by atoms with Crippen molar-refractivity contribution in [3.05, 3.63) is 5.01 Å². The molecule has 0 aliphatic carbocycles. The van der Waals surface area contributed by atoms with Gasteiger partial charge in [-0.2, -0.15) is 0 Å². The van der Waals surface area contributed by atoms with Crippen LogP contribution in [0.3, 0.4) is 0 Å². The molecule has 7 heteroatoms. The Morgan fingerprint density at radius 2 is 2.24 bits per heavy atom. The van der Waals surface area contributed by atoms with Gasteiger partial charge in [-0.15, -0.1) is 10.2 Å². The maximum Gasteiger partial charge on any atom is 0.236 e. The molecule has 0 saturated heterocycles. The molecule has 1 aromatic heterocycles. The predicted octanol–water partition coefficient (Wildman–Crippen LogP) is 1.74. The van der Waals surface area contributed by atoms with Crippen LogP contribution in [0.4, 0.5) is 5.13 Å². The minimum atomic E-state index is -0.427. The molecule has 17 heavy (non-hydrogen) atoms. The van der Waals surface area contributed by atoms with E-state index >= 15 is 0 Å². The summed E-state index contributed by atoms with van der Waals surface area (Å²) < 4.78 is 0. The van der Waals surface area contributed by atoms with Crippen LogP contribution in [0.15, 0.2) is 0 Å². The Hall–Kier alpha value is -1.08. The number of anilines is 1. The quantitative estimate of drug-likeness (QED) is 0.771. The lowest BCUT2D eigenvalue weighted by Gasteiger charge is -2.12. The second-order valence-corrected chi connectivity index (χ2v) is 5.12. The Labute approximate surface area is 110 Å². The molecule has 0 aliphatic heterocycles. The Kier molecular flexibility index (Phi) is 5.43. The molecular weight excluding hydrogens is 256 g/mol. The molecule has 5 nitrogen and oxygen atoms in total. The third-order valence-electron chi connectivity index (χ3n) is 2.24. The Morgan fingerprint density at radius 1 is 1.53 bits per heavy atom. The van der Waals surface area contributed by atoms with Crippen LogP contribution in [0.2, 0.25) is 0 Å². The first-order valence-corrected chi connectivity index (χ1v) is 6.73. The SMILES string of the molecule is CCCC(C(=O)Nc1nnc(CC)s1)C(N)=S. The minimum absolute atomic E-state index is 0.196. The summed E-state index contributed by atoms with van der Waals surface area (Å²) in [4.78, 5) is 12.1. The number of nitrogens with zero attached hydrogens (tertiary/aromatic N) is 2. The molecular formula is C10H16N4OS2. The highest BCUT2D eigenvalue weighted by atomic mass is 32.1. The van der Waals surface area contributed by atoms with Crippen LogP contribution in [0.25, 0.3) is 0 Å². The summed E-state index contributed by atoms with van der Waals surface area (Å²) >= 11 is 6.26. The van der Waals surface area contributed by atoms with Gasteiger partial charge in [0.05, 0.1) is 10.9 Å². The van der Waals surface area contributed by atoms with E-state index in [-0.39, 0.29) is 10.9 Å². The molecule has 94 valence electrons. The average Bonchev–Trinajstić information content (AvgIpc) is 2.72. The number of rotatable bonds is 6. The first-order chi connectivity index (χ1) is 8.08. The summed E-state index contributed by atoms with van der Waals surface area (Å²) in [5, 5.41) is 11.9. The van der Waals surface area contributed by atoms with E-state index in [0.717, 1.165) is 17.8 Å². The van der Waals surface area contributed by atoms with Crippen LogP contribution >= 0.6 is 23.6 Å². The Morgan fingerprint density at radius 3 is 2.71 bits per heavy atom. The number of hydrogen-bond donors (Lipinski definition) is 2. The Bertz CT molecular complexity index is 405. The smallest absolute Gasteiger partial charge is 0.236 e. The number of hydrogen-bond acceptors (Lipinski definition) is 5. The number of thiocarbonyl (C=S) groups is 1. The normalized spacial score (nSPS) is 12.1. The summed E-state index contributed by atoms with van der Waals surface area (Å²) in [5.74, 6) is -0.623. The second-order valence-electron chi connectivity index (χ2n) is 3.59. The highest BCUT2D eigenvalue weighted by Gasteiger charge is 2.21. The number of nitrogens with one attached hydrogen (secondary N) is 1. The standard InChI is InChI=1S/C10H16N4OS2/c1-3-5-6(8(11)16)9(15)12-10-14-13-7(4-2)17-10/h6H,3-5H2,1-2H3,(H2,11,16)(H,12,14,15). The molecule has 3 N–H and O–H groups in total. The van der Waals surface area contributed by atoms with Gasteiger partial charge in [0.25, 0.3) is 0 Å². The summed E-state index contributed by atoms with van der Waals surface area (Å²) in [6.07, 6.45) is 2.31. The van der Waals surface area contributed by atoms with Gasteiger partial charge in [0.1, 0.15) is 5.01 Å². The van der Waals surface area contributed by atoms with Crippen molar-refractivity contribution in [1.29, 1.82) is 0 Å². The van der Waals surface area contributed by atoms with E-state index in [0.29, 0.717) is 11.6 Å². The molecule has 0 fully saturated rings. The van der Waals surface area contributed by atoms with Gasteiger partial charge in [-0.3, -0.25) is 10.1 Å².